The summed E-state index contributed by atoms with van der Waals surface area (Å²) in [5.41, 5.74) is 1.19. The number of rotatable bonds is 3. The maximum Gasteiger partial charge on any atom is 0.128 e. The number of nitrogens with zero attached hydrogens (tertiary/aromatic N) is 2. The van der Waals surface area contributed by atoms with Crippen LogP contribution in [0.1, 0.15) is 9.88 Å². The van der Waals surface area contributed by atoms with Crippen molar-refractivity contribution >= 4 is 22.2 Å². The van der Waals surface area contributed by atoms with Crippen LogP contribution in [0.3, 0.4) is 0 Å². The first kappa shape index (κ1) is 11.3. The molecular formula is C14H14N2OS. The monoisotopic (exact) mass is 258 g/mol. The molecule has 92 valence electrons. The van der Waals surface area contributed by atoms with E-state index in [1.807, 2.05) is 25.3 Å². The van der Waals surface area contributed by atoms with E-state index in [-0.39, 0.29) is 0 Å². The van der Waals surface area contributed by atoms with Crippen LogP contribution in [0, 0.1) is 6.92 Å². The zero-order chi connectivity index (χ0) is 12.5. The highest BCUT2D eigenvalue weighted by molar-refractivity contribution is 7.11. The number of ether oxygens (including phenoxy) is 1. The van der Waals surface area contributed by atoms with Gasteiger partial charge in [-0.3, -0.25) is 0 Å². The summed E-state index contributed by atoms with van der Waals surface area (Å²) in [6.07, 6.45) is 4.05. The van der Waals surface area contributed by atoms with Crippen molar-refractivity contribution < 1.29 is 4.74 Å². The van der Waals surface area contributed by atoms with E-state index in [0.29, 0.717) is 0 Å². The molecule has 0 unspecified atom stereocenters. The molecule has 0 saturated heterocycles. The van der Waals surface area contributed by atoms with Crippen LogP contribution >= 0.6 is 11.3 Å². The van der Waals surface area contributed by atoms with Gasteiger partial charge >= 0.3 is 0 Å². The molecule has 0 saturated carbocycles. The molecule has 0 aliphatic carbocycles. The Hall–Kier alpha value is -1.81. The molecule has 0 aliphatic heterocycles. The number of aryl methyl sites for hydroxylation is 1. The van der Waals surface area contributed by atoms with Crippen LogP contribution in [-0.4, -0.2) is 16.7 Å². The van der Waals surface area contributed by atoms with Gasteiger partial charge in [0.2, 0.25) is 0 Å². The first-order chi connectivity index (χ1) is 8.78. The van der Waals surface area contributed by atoms with Gasteiger partial charge in [-0.15, -0.1) is 11.3 Å². The first-order valence-corrected chi connectivity index (χ1v) is 6.63. The summed E-state index contributed by atoms with van der Waals surface area (Å²) >= 11 is 1.74. The van der Waals surface area contributed by atoms with Gasteiger partial charge in [-0.1, -0.05) is 6.07 Å². The SMILES string of the molecule is COc1cccc2c1ccn2Cc1cnc(C)s1. The number of benzene rings is 1. The Balaban J connectivity index is 2.02. The number of aromatic nitrogens is 2. The van der Waals surface area contributed by atoms with Gasteiger partial charge in [0.05, 0.1) is 24.2 Å². The zero-order valence-electron chi connectivity index (χ0n) is 10.4. The number of hydrogen-bond acceptors (Lipinski definition) is 3. The van der Waals surface area contributed by atoms with E-state index in [0.717, 1.165) is 22.7 Å². The topological polar surface area (TPSA) is 27.1 Å². The highest BCUT2D eigenvalue weighted by Gasteiger charge is 2.07. The van der Waals surface area contributed by atoms with Crippen LogP contribution in [0.25, 0.3) is 10.9 Å². The zero-order valence-corrected chi connectivity index (χ0v) is 11.2. The molecule has 2 heterocycles. The molecule has 1 aromatic carbocycles. The highest BCUT2D eigenvalue weighted by Crippen LogP contribution is 2.27. The van der Waals surface area contributed by atoms with E-state index in [2.05, 4.69) is 27.9 Å². The molecule has 3 rings (SSSR count). The minimum absolute atomic E-state index is 0.863. The molecule has 0 aliphatic rings. The molecule has 4 heteroatoms. The molecule has 3 aromatic rings. The average molecular weight is 258 g/mol. The van der Waals surface area contributed by atoms with Crippen molar-refractivity contribution in [3.8, 4) is 5.75 Å². The summed E-state index contributed by atoms with van der Waals surface area (Å²) in [5, 5.41) is 2.26. The van der Waals surface area contributed by atoms with E-state index in [9.17, 15) is 0 Å². The van der Waals surface area contributed by atoms with Gasteiger partial charge in [-0.05, 0) is 25.1 Å². The largest absolute Gasteiger partial charge is 0.496 e. The molecule has 0 fully saturated rings. The van der Waals surface area contributed by atoms with Crippen molar-refractivity contribution in [3.05, 3.63) is 46.5 Å². The van der Waals surface area contributed by atoms with Crippen LogP contribution in [-0.2, 0) is 6.54 Å². The molecule has 0 N–H and O–H groups in total. The smallest absolute Gasteiger partial charge is 0.128 e. The molecule has 0 amide bonds. The second-order valence-electron chi connectivity index (χ2n) is 4.18. The number of methoxy groups -OCH3 is 1. The van der Waals surface area contributed by atoms with E-state index in [1.165, 1.54) is 10.4 Å². The molecule has 0 spiro atoms. The normalized spacial score (nSPS) is 11.0. The number of hydrogen-bond donors (Lipinski definition) is 0. The lowest BCUT2D eigenvalue weighted by molar-refractivity contribution is 0.420. The molecule has 18 heavy (non-hydrogen) atoms. The second kappa shape index (κ2) is 4.46. The summed E-state index contributed by atoms with van der Waals surface area (Å²) in [7, 11) is 1.71. The number of thiazole rings is 1. The van der Waals surface area contributed by atoms with Crippen molar-refractivity contribution in [1.29, 1.82) is 0 Å². The van der Waals surface area contributed by atoms with Gasteiger partial charge in [0, 0.05) is 22.7 Å². The third kappa shape index (κ3) is 1.88. The van der Waals surface area contributed by atoms with Crippen molar-refractivity contribution in [1.82, 2.24) is 9.55 Å². The third-order valence-corrected chi connectivity index (χ3v) is 3.89. The van der Waals surface area contributed by atoms with Gasteiger partial charge in [0.1, 0.15) is 5.75 Å². The first-order valence-electron chi connectivity index (χ1n) is 5.81. The standard InChI is InChI=1S/C14H14N2OS/c1-10-15-8-11(18-10)9-16-7-6-12-13(16)4-3-5-14(12)17-2/h3-8H,9H2,1-2H3. The van der Waals surface area contributed by atoms with E-state index in [1.54, 1.807) is 18.4 Å². The summed E-state index contributed by atoms with van der Waals surface area (Å²) in [4.78, 5) is 5.56. The highest BCUT2D eigenvalue weighted by atomic mass is 32.1. The average Bonchev–Trinajstić information content (AvgIpc) is 2.97. The Bertz CT molecular complexity index is 684. The lowest BCUT2D eigenvalue weighted by Gasteiger charge is -2.05. The van der Waals surface area contributed by atoms with Crippen LogP contribution in [0.4, 0.5) is 0 Å². The van der Waals surface area contributed by atoms with Gasteiger partial charge in [-0.2, -0.15) is 0 Å². The Morgan fingerprint density at radius 1 is 1.33 bits per heavy atom. The van der Waals surface area contributed by atoms with Gasteiger partial charge in [0.15, 0.2) is 0 Å². The fraction of sp³-hybridized carbons (Fsp3) is 0.214. The predicted molar refractivity (Wildman–Crippen MR) is 74.4 cm³/mol. The summed E-state index contributed by atoms with van der Waals surface area (Å²) in [6, 6.07) is 8.23. The number of fused-ring (bicyclic) bond motifs is 1. The lowest BCUT2D eigenvalue weighted by Crippen LogP contribution is -1.95. The van der Waals surface area contributed by atoms with Crippen LogP contribution in [0.15, 0.2) is 36.7 Å². The molecule has 3 nitrogen and oxygen atoms in total. The fourth-order valence-corrected chi connectivity index (χ4v) is 2.95. The second-order valence-corrected chi connectivity index (χ2v) is 5.50. The fourth-order valence-electron chi connectivity index (χ4n) is 2.16. The molecule has 0 bridgehead atoms. The van der Waals surface area contributed by atoms with Crippen LogP contribution in [0.2, 0.25) is 0 Å². The predicted octanol–water partition coefficient (Wildman–Crippen LogP) is 3.46. The summed E-state index contributed by atoms with van der Waals surface area (Å²) in [6.45, 7) is 2.90. The Labute approximate surface area is 110 Å². The minimum Gasteiger partial charge on any atom is -0.496 e. The molecular weight excluding hydrogens is 244 g/mol. The maximum absolute atomic E-state index is 5.37. The minimum atomic E-state index is 0.863. The van der Waals surface area contributed by atoms with Crippen molar-refractivity contribution in [2.75, 3.05) is 7.11 Å². The van der Waals surface area contributed by atoms with E-state index >= 15 is 0 Å². The van der Waals surface area contributed by atoms with Crippen LogP contribution in [0.5, 0.6) is 5.75 Å². The van der Waals surface area contributed by atoms with Gasteiger partial charge < -0.3 is 9.30 Å². The Morgan fingerprint density at radius 3 is 2.94 bits per heavy atom. The van der Waals surface area contributed by atoms with Crippen LogP contribution < -0.4 is 4.74 Å². The third-order valence-electron chi connectivity index (χ3n) is 2.99. The molecule has 0 radical (unpaired) electrons. The summed E-state index contributed by atoms with van der Waals surface area (Å²) in [5.74, 6) is 0.923. The van der Waals surface area contributed by atoms with Gasteiger partial charge in [0.25, 0.3) is 0 Å². The van der Waals surface area contributed by atoms with Gasteiger partial charge in [-0.25, -0.2) is 4.98 Å². The maximum atomic E-state index is 5.37. The Morgan fingerprint density at radius 2 is 2.22 bits per heavy atom. The summed E-state index contributed by atoms with van der Waals surface area (Å²) < 4.78 is 7.60. The molecule has 0 atom stereocenters. The van der Waals surface area contributed by atoms with E-state index in [4.69, 9.17) is 4.74 Å². The van der Waals surface area contributed by atoms with Crippen molar-refractivity contribution in [3.63, 3.8) is 0 Å². The Kier molecular flexibility index (Phi) is 2.80. The van der Waals surface area contributed by atoms with Crippen molar-refractivity contribution in [2.45, 2.75) is 13.5 Å². The van der Waals surface area contributed by atoms with E-state index < -0.39 is 0 Å². The molecule has 2 aromatic heterocycles. The quantitative estimate of drug-likeness (QED) is 0.719. The lowest BCUT2D eigenvalue weighted by atomic mass is 10.2. The van der Waals surface area contributed by atoms with Crippen molar-refractivity contribution in [2.24, 2.45) is 0 Å².